The summed E-state index contributed by atoms with van der Waals surface area (Å²) in [6.07, 6.45) is 6.32. The molecule has 1 aromatic heterocycles. The smallest absolute Gasteiger partial charge is 0.312 e. The molecule has 1 aliphatic rings. The fourth-order valence-corrected chi connectivity index (χ4v) is 2.80. The lowest BCUT2D eigenvalue weighted by Gasteiger charge is -2.13. The molecule has 3 rings (SSSR count). The highest BCUT2D eigenvalue weighted by molar-refractivity contribution is 5.71. The fourth-order valence-electron chi connectivity index (χ4n) is 2.80. The SMILES string of the molecule is CCC(F)COc1cc(CNC(N)=O)ccn1.c1ccc2c(c1)CCCC2. The molecule has 0 spiro atoms. The zero-order valence-electron chi connectivity index (χ0n) is 15.8. The molecule has 5 nitrogen and oxygen atoms in total. The largest absolute Gasteiger partial charge is 0.475 e. The molecule has 1 atom stereocenters. The summed E-state index contributed by atoms with van der Waals surface area (Å²) >= 11 is 0. The zero-order valence-corrected chi connectivity index (χ0v) is 15.8. The molecular formula is C21H28FN3O2. The lowest BCUT2D eigenvalue weighted by Crippen LogP contribution is -2.28. The standard InChI is InChI=1S/C11H16FN3O2.C10H12/c1-2-9(12)7-17-10-5-8(3-4-14-10)6-15-11(13)16;1-2-6-10-8-4-3-7-9(10)5-1/h3-5,9H,2,6-7H2,1H3,(H3,13,15,16);1-2,5-6H,3-4,7-8H2. The Balaban J connectivity index is 0.000000219. The molecule has 1 unspecified atom stereocenters. The van der Waals surface area contributed by atoms with Gasteiger partial charge in [-0.2, -0.15) is 0 Å². The molecule has 6 heteroatoms. The van der Waals surface area contributed by atoms with Crippen LogP contribution in [0.25, 0.3) is 0 Å². The second-order valence-corrected chi connectivity index (χ2v) is 6.51. The van der Waals surface area contributed by atoms with Gasteiger partial charge in [0.05, 0.1) is 0 Å². The number of alkyl halides is 1. The predicted molar refractivity (Wildman–Crippen MR) is 104 cm³/mol. The Morgan fingerprint density at radius 2 is 1.93 bits per heavy atom. The minimum atomic E-state index is -0.996. The van der Waals surface area contributed by atoms with E-state index >= 15 is 0 Å². The van der Waals surface area contributed by atoms with Crippen molar-refractivity contribution in [3.8, 4) is 5.88 Å². The lowest BCUT2D eigenvalue weighted by atomic mass is 9.92. The van der Waals surface area contributed by atoms with Crippen molar-refractivity contribution in [2.24, 2.45) is 5.73 Å². The minimum Gasteiger partial charge on any atom is -0.475 e. The summed E-state index contributed by atoms with van der Waals surface area (Å²) in [4.78, 5) is 14.5. The number of primary amides is 1. The number of nitrogens with zero attached hydrogens (tertiary/aromatic N) is 1. The Bertz CT molecular complexity index is 699. The highest BCUT2D eigenvalue weighted by atomic mass is 19.1. The highest BCUT2D eigenvalue weighted by Crippen LogP contribution is 2.19. The van der Waals surface area contributed by atoms with Gasteiger partial charge in [0.25, 0.3) is 0 Å². The number of hydrogen-bond acceptors (Lipinski definition) is 3. The summed E-state index contributed by atoms with van der Waals surface area (Å²) in [5, 5.41) is 2.45. The normalized spacial score (nSPS) is 13.6. The first kappa shape index (κ1) is 20.7. The van der Waals surface area contributed by atoms with Gasteiger partial charge < -0.3 is 15.8 Å². The number of nitrogens with two attached hydrogens (primary N) is 1. The summed E-state index contributed by atoms with van der Waals surface area (Å²) in [6, 6.07) is 11.6. The van der Waals surface area contributed by atoms with Crippen LogP contribution in [-0.4, -0.2) is 23.8 Å². The van der Waals surface area contributed by atoms with Gasteiger partial charge in [0.2, 0.25) is 5.88 Å². The van der Waals surface area contributed by atoms with Crippen LogP contribution in [0.3, 0.4) is 0 Å². The summed E-state index contributed by atoms with van der Waals surface area (Å²) in [6.45, 7) is 2.02. The van der Waals surface area contributed by atoms with Gasteiger partial charge in [0.1, 0.15) is 12.8 Å². The Kier molecular flexibility index (Phi) is 8.55. The van der Waals surface area contributed by atoms with Crippen molar-refractivity contribution >= 4 is 6.03 Å². The van der Waals surface area contributed by atoms with Gasteiger partial charge in [0, 0.05) is 18.8 Å². The van der Waals surface area contributed by atoms with Crippen molar-refractivity contribution in [2.75, 3.05) is 6.61 Å². The van der Waals surface area contributed by atoms with Crippen LogP contribution in [0.15, 0.2) is 42.6 Å². The maximum atomic E-state index is 12.9. The van der Waals surface area contributed by atoms with Crippen molar-refractivity contribution in [3.63, 3.8) is 0 Å². The maximum Gasteiger partial charge on any atom is 0.312 e. The van der Waals surface area contributed by atoms with E-state index in [1.165, 1.54) is 31.9 Å². The average Bonchev–Trinajstić information content (AvgIpc) is 2.71. The van der Waals surface area contributed by atoms with E-state index in [1.807, 2.05) is 0 Å². The molecule has 1 aliphatic carbocycles. The molecule has 0 bridgehead atoms. The first-order valence-corrected chi connectivity index (χ1v) is 9.40. The molecule has 3 N–H and O–H groups in total. The van der Waals surface area contributed by atoms with Crippen LogP contribution in [0, 0.1) is 0 Å². The summed E-state index contributed by atoms with van der Waals surface area (Å²) in [7, 11) is 0. The quantitative estimate of drug-likeness (QED) is 0.805. The molecule has 0 saturated carbocycles. The third-order valence-corrected chi connectivity index (χ3v) is 4.38. The van der Waals surface area contributed by atoms with Crippen molar-refractivity contribution in [2.45, 2.75) is 51.7 Å². The number of aromatic nitrogens is 1. The molecule has 0 aliphatic heterocycles. The first-order valence-electron chi connectivity index (χ1n) is 9.40. The molecule has 2 amide bonds. The number of carbonyl (C=O) groups excluding carboxylic acids is 1. The number of carbonyl (C=O) groups is 1. The van der Waals surface area contributed by atoms with Gasteiger partial charge >= 0.3 is 6.03 Å². The minimum absolute atomic E-state index is 0.0177. The third-order valence-electron chi connectivity index (χ3n) is 4.38. The third kappa shape index (κ3) is 7.64. The second kappa shape index (κ2) is 11.2. The molecule has 27 heavy (non-hydrogen) atoms. The van der Waals surface area contributed by atoms with Crippen molar-refractivity contribution in [3.05, 3.63) is 59.3 Å². The molecule has 146 valence electrons. The van der Waals surface area contributed by atoms with Gasteiger partial charge in [-0.15, -0.1) is 0 Å². The van der Waals surface area contributed by atoms with E-state index in [1.54, 1.807) is 30.2 Å². The number of ether oxygens (including phenoxy) is 1. The van der Waals surface area contributed by atoms with E-state index in [0.717, 1.165) is 5.56 Å². The molecule has 0 fully saturated rings. The number of aryl methyl sites for hydroxylation is 2. The molecule has 0 saturated heterocycles. The summed E-state index contributed by atoms with van der Waals surface area (Å²) in [5.41, 5.74) is 8.90. The number of benzene rings is 1. The average molecular weight is 373 g/mol. The van der Waals surface area contributed by atoms with E-state index in [2.05, 4.69) is 34.6 Å². The van der Waals surface area contributed by atoms with Gasteiger partial charge in [-0.3, -0.25) is 0 Å². The monoisotopic (exact) mass is 373 g/mol. The van der Waals surface area contributed by atoms with Crippen LogP contribution in [0.4, 0.5) is 9.18 Å². The summed E-state index contributed by atoms with van der Waals surface area (Å²) < 4.78 is 18.1. The van der Waals surface area contributed by atoms with Crippen LogP contribution < -0.4 is 15.8 Å². The van der Waals surface area contributed by atoms with E-state index < -0.39 is 12.2 Å². The number of amides is 2. The Morgan fingerprint density at radius 3 is 2.52 bits per heavy atom. The number of rotatable bonds is 6. The highest BCUT2D eigenvalue weighted by Gasteiger charge is 2.06. The van der Waals surface area contributed by atoms with Gasteiger partial charge in [-0.25, -0.2) is 14.2 Å². The van der Waals surface area contributed by atoms with E-state index in [9.17, 15) is 9.18 Å². The van der Waals surface area contributed by atoms with Gasteiger partial charge in [-0.05, 0) is 54.9 Å². The van der Waals surface area contributed by atoms with Gasteiger partial charge in [-0.1, -0.05) is 31.2 Å². The number of nitrogens with one attached hydrogen (secondary N) is 1. The molecule has 1 aromatic carbocycles. The van der Waals surface area contributed by atoms with Crippen LogP contribution in [0.5, 0.6) is 5.88 Å². The summed E-state index contributed by atoms with van der Waals surface area (Å²) in [5.74, 6) is 0.338. The Labute approximate surface area is 160 Å². The van der Waals surface area contributed by atoms with E-state index in [-0.39, 0.29) is 6.61 Å². The zero-order chi connectivity index (χ0) is 19.5. The van der Waals surface area contributed by atoms with Crippen LogP contribution >= 0.6 is 0 Å². The Morgan fingerprint density at radius 1 is 1.26 bits per heavy atom. The molecule has 1 heterocycles. The lowest BCUT2D eigenvalue weighted by molar-refractivity contribution is 0.186. The van der Waals surface area contributed by atoms with Crippen molar-refractivity contribution in [1.29, 1.82) is 0 Å². The number of pyridine rings is 1. The maximum absolute atomic E-state index is 12.9. The van der Waals surface area contributed by atoms with Crippen LogP contribution in [0.2, 0.25) is 0 Å². The predicted octanol–water partition coefficient (Wildman–Crippen LogP) is 3.94. The topological polar surface area (TPSA) is 77.2 Å². The molecule has 2 aromatic rings. The number of halogens is 1. The number of urea groups is 1. The van der Waals surface area contributed by atoms with E-state index in [4.69, 9.17) is 10.5 Å². The van der Waals surface area contributed by atoms with Crippen molar-refractivity contribution < 1.29 is 13.9 Å². The molecular weight excluding hydrogens is 345 g/mol. The molecule has 0 radical (unpaired) electrons. The first-order chi connectivity index (χ1) is 13.1. The van der Waals surface area contributed by atoms with Crippen molar-refractivity contribution in [1.82, 2.24) is 10.3 Å². The van der Waals surface area contributed by atoms with E-state index in [0.29, 0.717) is 18.8 Å². The van der Waals surface area contributed by atoms with Crippen LogP contribution in [-0.2, 0) is 19.4 Å². The van der Waals surface area contributed by atoms with Gasteiger partial charge in [0.15, 0.2) is 0 Å². The second-order valence-electron chi connectivity index (χ2n) is 6.51. The fraction of sp³-hybridized carbons (Fsp3) is 0.429. The van der Waals surface area contributed by atoms with Crippen LogP contribution in [0.1, 0.15) is 42.9 Å². The number of hydrogen-bond donors (Lipinski definition) is 2. The number of fused-ring (bicyclic) bond motifs is 1. The Hall–Kier alpha value is -2.63.